The van der Waals surface area contributed by atoms with Gasteiger partial charge in [0.25, 0.3) is 0 Å². The van der Waals surface area contributed by atoms with E-state index in [0.29, 0.717) is 0 Å². The van der Waals surface area contributed by atoms with E-state index in [1.807, 2.05) is 0 Å². The second-order valence-electron chi connectivity index (χ2n) is 3.91. The van der Waals surface area contributed by atoms with E-state index in [4.69, 9.17) is 4.74 Å². The Hall–Kier alpha value is -1.44. The van der Waals surface area contributed by atoms with Crippen LogP contribution in [0.2, 0.25) is 0 Å². The summed E-state index contributed by atoms with van der Waals surface area (Å²) in [4.78, 5) is 2.36. The summed E-state index contributed by atoms with van der Waals surface area (Å²) in [5, 5.41) is 0. The summed E-state index contributed by atoms with van der Waals surface area (Å²) >= 11 is 0. The van der Waals surface area contributed by atoms with E-state index in [1.165, 1.54) is 11.3 Å². The Bertz CT molecular complexity index is 353. The van der Waals surface area contributed by atoms with E-state index < -0.39 is 0 Å². The zero-order valence-corrected chi connectivity index (χ0v) is 9.36. The van der Waals surface area contributed by atoms with Gasteiger partial charge in [-0.3, -0.25) is 0 Å². The molecule has 0 bridgehead atoms. The van der Waals surface area contributed by atoms with Crippen LogP contribution >= 0.6 is 0 Å². The molecule has 2 nitrogen and oxygen atoms in total. The molecule has 0 unspecified atom stereocenters. The molecule has 2 heteroatoms. The van der Waals surface area contributed by atoms with Crippen LogP contribution in [0.5, 0.6) is 0 Å². The monoisotopic (exact) mass is 203 g/mol. The first-order valence-corrected chi connectivity index (χ1v) is 5.34. The lowest BCUT2D eigenvalue weighted by Crippen LogP contribution is -2.28. The van der Waals surface area contributed by atoms with Crippen molar-refractivity contribution < 1.29 is 4.74 Å². The highest BCUT2D eigenvalue weighted by atomic mass is 16.5. The maximum Gasteiger partial charge on any atom is 0.0950 e. The van der Waals surface area contributed by atoms with E-state index in [9.17, 15) is 0 Å². The first-order valence-electron chi connectivity index (χ1n) is 5.34. The Labute approximate surface area is 91.2 Å². The predicted molar refractivity (Wildman–Crippen MR) is 63.1 cm³/mol. The number of benzene rings is 1. The Morgan fingerprint density at radius 1 is 1.20 bits per heavy atom. The smallest absolute Gasteiger partial charge is 0.0950 e. The van der Waals surface area contributed by atoms with E-state index >= 15 is 0 Å². The van der Waals surface area contributed by atoms with E-state index in [2.05, 4.69) is 42.2 Å². The van der Waals surface area contributed by atoms with Gasteiger partial charge >= 0.3 is 0 Å². The number of methoxy groups -OCH3 is 1. The summed E-state index contributed by atoms with van der Waals surface area (Å²) in [6.45, 7) is 4.11. The molecule has 0 aromatic heterocycles. The number of nitrogens with zero attached hydrogens (tertiary/aromatic N) is 1. The summed E-state index contributed by atoms with van der Waals surface area (Å²) in [6, 6.07) is 8.68. The lowest BCUT2D eigenvalue weighted by atomic mass is 10.1. The molecule has 1 aromatic carbocycles. The first kappa shape index (κ1) is 10.1. The molecule has 1 aromatic rings. The van der Waals surface area contributed by atoms with Gasteiger partial charge in [-0.1, -0.05) is 17.7 Å². The highest BCUT2D eigenvalue weighted by Gasteiger charge is 2.11. The summed E-state index contributed by atoms with van der Waals surface area (Å²) in [5.41, 5.74) is 2.61. The van der Waals surface area contributed by atoms with Gasteiger partial charge in [-0.15, -0.1) is 0 Å². The zero-order valence-electron chi connectivity index (χ0n) is 9.36. The third-order valence-electron chi connectivity index (χ3n) is 2.83. The SMILES string of the molecule is COC1=CCN(c2ccc(C)cc2)CC1. The highest BCUT2D eigenvalue weighted by molar-refractivity contribution is 5.48. The topological polar surface area (TPSA) is 12.5 Å². The molecule has 0 fully saturated rings. The molecular weight excluding hydrogens is 186 g/mol. The zero-order chi connectivity index (χ0) is 10.7. The van der Waals surface area contributed by atoms with Crippen LogP contribution in [0.4, 0.5) is 5.69 Å². The van der Waals surface area contributed by atoms with Gasteiger partial charge in [0.05, 0.1) is 12.9 Å². The average molecular weight is 203 g/mol. The van der Waals surface area contributed by atoms with Crippen molar-refractivity contribution in [3.63, 3.8) is 0 Å². The van der Waals surface area contributed by atoms with Gasteiger partial charge in [0.1, 0.15) is 0 Å². The van der Waals surface area contributed by atoms with Crippen molar-refractivity contribution in [1.29, 1.82) is 0 Å². The maximum absolute atomic E-state index is 5.23. The number of aryl methyl sites for hydroxylation is 1. The third kappa shape index (κ3) is 2.32. The molecule has 0 saturated carbocycles. The van der Waals surface area contributed by atoms with Crippen molar-refractivity contribution in [1.82, 2.24) is 0 Å². The fraction of sp³-hybridized carbons (Fsp3) is 0.385. The van der Waals surface area contributed by atoms with E-state index in [1.54, 1.807) is 7.11 Å². The fourth-order valence-electron chi connectivity index (χ4n) is 1.83. The molecule has 0 radical (unpaired) electrons. The molecule has 0 amide bonds. The van der Waals surface area contributed by atoms with Crippen molar-refractivity contribution in [3.8, 4) is 0 Å². The largest absolute Gasteiger partial charge is 0.501 e. The Morgan fingerprint density at radius 2 is 1.93 bits per heavy atom. The number of hydrogen-bond acceptors (Lipinski definition) is 2. The number of hydrogen-bond donors (Lipinski definition) is 0. The molecule has 0 N–H and O–H groups in total. The lowest BCUT2D eigenvalue weighted by molar-refractivity contribution is 0.272. The maximum atomic E-state index is 5.23. The molecule has 2 rings (SSSR count). The molecule has 1 heterocycles. The van der Waals surface area contributed by atoms with Crippen molar-refractivity contribution in [2.24, 2.45) is 0 Å². The van der Waals surface area contributed by atoms with Crippen LogP contribution < -0.4 is 4.90 Å². The van der Waals surface area contributed by atoms with Crippen molar-refractivity contribution in [3.05, 3.63) is 41.7 Å². The predicted octanol–water partition coefficient (Wildman–Crippen LogP) is 2.74. The molecule has 0 spiro atoms. The van der Waals surface area contributed by atoms with E-state index in [-0.39, 0.29) is 0 Å². The van der Waals surface area contributed by atoms with Gasteiger partial charge in [0, 0.05) is 25.2 Å². The Morgan fingerprint density at radius 3 is 2.47 bits per heavy atom. The normalized spacial score (nSPS) is 16.1. The first-order chi connectivity index (χ1) is 7.29. The van der Waals surface area contributed by atoms with Crippen molar-refractivity contribution >= 4 is 5.69 Å². The molecule has 0 saturated heterocycles. The molecule has 0 atom stereocenters. The molecule has 1 aliphatic rings. The Balaban J connectivity index is 2.07. The molecule has 1 aliphatic heterocycles. The van der Waals surface area contributed by atoms with Gasteiger partial charge < -0.3 is 9.64 Å². The van der Waals surface area contributed by atoms with Crippen LogP contribution in [0, 0.1) is 6.92 Å². The van der Waals surface area contributed by atoms with Gasteiger partial charge in [0.15, 0.2) is 0 Å². The van der Waals surface area contributed by atoms with E-state index in [0.717, 1.165) is 25.3 Å². The molecule has 15 heavy (non-hydrogen) atoms. The second-order valence-corrected chi connectivity index (χ2v) is 3.91. The molecule has 80 valence electrons. The van der Waals surface area contributed by atoms with Gasteiger partial charge in [-0.25, -0.2) is 0 Å². The minimum atomic E-state index is 0.951. The Kier molecular flexibility index (Phi) is 2.95. The number of anilines is 1. The van der Waals surface area contributed by atoms with Crippen LogP contribution in [-0.4, -0.2) is 20.2 Å². The number of ether oxygens (including phenoxy) is 1. The van der Waals surface area contributed by atoms with Crippen LogP contribution in [0.1, 0.15) is 12.0 Å². The van der Waals surface area contributed by atoms with Crippen molar-refractivity contribution in [2.45, 2.75) is 13.3 Å². The summed E-state index contributed by atoms with van der Waals surface area (Å²) in [7, 11) is 1.74. The van der Waals surface area contributed by atoms with Crippen LogP contribution in [0.15, 0.2) is 36.1 Å². The second kappa shape index (κ2) is 4.39. The summed E-state index contributed by atoms with van der Waals surface area (Å²) in [6.07, 6.45) is 3.16. The van der Waals surface area contributed by atoms with Gasteiger partial charge in [-0.05, 0) is 25.1 Å². The van der Waals surface area contributed by atoms with Crippen LogP contribution in [0.25, 0.3) is 0 Å². The summed E-state index contributed by atoms with van der Waals surface area (Å²) in [5.74, 6) is 1.11. The highest BCUT2D eigenvalue weighted by Crippen LogP contribution is 2.20. The molecular formula is C13H17NO. The summed E-state index contributed by atoms with van der Waals surface area (Å²) < 4.78 is 5.23. The number of rotatable bonds is 2. The minimum absolute atomic E-state index is 0.951. The van der Waals surface area contributed by atoms with Gasteiger partial charge in [0.2, 0.25) is 0 Å². The lowest BCUT2D eigenvalue weighted by Gasteiger charge is -2.27. The minimum Gasteiger partial charge on any atom is -0.501 e. The van der Waals surface area contributed by atoms with Crippen LogP contribution in [-0.2, 0) is 4.74 Å². The standard InChI is InChI=1S/C13H17NO/c1-11-3-5-12(6-4-11)14-9-7-13(15-2)8-10-14/h3-7H,8-10H2,1-2H3. The quantitative estimate of drug-likeness (QED) is 0.732. The average Bonchev–Trinajstić information content (AvgIpc) is 2.30. The fourth-order valence-corrected chi connectivity index (χ4v) is 1.83. The molecule has 0 aliphatic carbocycles. The third-order valence-corrected chi connectivity index (χ3v) is 2.83. The van der Waals surface area contributed by atoms with Crippen LogP contribution in [0.3, 0.4) is 0 Å². The van der Waals surface area contributed by atoms with Crippen molar-refractivity contribution in [2.75, 3.05) is 25.1 Å². The van der Waals surface area contributed by atoms with Gasteiger partial charge in [-0.2, -0.15) is 0 Å².